The maximum atomic E-state index is 10.2. The zero-order valence-electron chi connectivity index (χ0n) is 6.32. The molecular formula is C9H10O2. The first-order chi connectivity index (χ1) is 5.20. The van der Waals surface area contributed by atoms with Crippen molar-refractivity contribution in [1.82, 2.24) is 0 Å². The lowest BCUT2D eigenvalue weighted by atomic mass is 10.0. The number of rotatable bonds is 2. The highest BCUT2D eigenvalue weighted by Gasteiger charge is 2.06. The molecule has 0 saturated heterocycles. The lowest BCUT2D eigenvalue weighted by Gasteiger charge is -2.02. The fourth-order valence-electron chi connectivity index (χ4n) is 1.03. The molecule has 0 atom stereocenters. The zero-order valence-corrected chi connectivity index (χ0v) is 6.32. The fourth-order valence-corrected chi connectivity index (χ4v) is 1.03. The molecule has 0 aromatic heterocycles. The van der Waals surface area contributed by atoms with Crippen LogP contribution in [0.25, 0.3) is 0 Å². The van der Waals surface area contributed by atoms with Crippen LogP contribution in [0.1, 0.15) is 6.92 Å². The van der Waals surface area contributed by atoms with Gasteiger partial charge in [-0.1, -0.05) is 29.9 Å². The summed E-state index contributed by atoms with van der Waals surface area (Å²) in [6, 6.07) is 0. The Labute approximate surface area is 65.5 Å². The maximum Gasteiger partial charge on any atom is 0.328 e. The molecule has 58 valence electrons. The number of aliphatic carboxylic acids is 1. The molecular weight excluding hydrogens is 140 g/mol. The first-order valence-electron chi connectivity index (χ1n) is 3.46. The van der Waals surface area contributed by atoms with Gasteiger partial charge >= 0.3 is 5.97 Å². The van der Waals surface area contributed by atoms with Crippen molar-refractivity contribution in [3.63, 3.8) is 0 Å². The van der Waals surface area contributed by atoms with Crippen molar-refractivity contribution in [2.45, 2.75) is 6.92 Å². The molecule has 0 unspecified atom stereocenters. The summed E-state index contributed by atoms with van der Waals surface area (Å²) in [5, 5.41) is 8.42. The van der Waals surface area contributed by atoms with Crippen LogP contribution in [0.3, 0.4) is 0 Å². The summed E-state index contributed by atoms with van der Waals surface area (Å²) in [7, 11) is 0. The van der Waals surface area contributed by atoms with Gasteiger partial charge in [-0.25, -0.2) is 4.79 Å². The van der Waals surface area contributed by atoms with Crippen molar-refractivity contribution >= 4 is 5.97 Å². The van der Waals surface area contributed by atoms with Gasteiger partial charge in [0.25, 0.3) is 0 Å². The molecule has 0 bridgehead atoms. The van der Waals surface area contributed by atoms with Crippen LogP contribution < -0.4 is 0 Å². The van der Waals surface area contributed by atoms with Gasteiger partial charge in [-0.3, -0.25) is 0 Å². The smallest absolute Gasteiger partial charge is 0.328 e. The minimum Gasteiger partial charge on any atom is -0.478 e. The molecule has 1 aliphatic carbocycles. The molecule has 0 fully saturated rings. The Morgan fingerprint density at radius 2 is 2.00 bits per heavy atom. The van der Waals surface area contributed by atoms with E-state index in [1.807, 2.05) is 31.2 Å². The molecule has 0 aliphatic heterocycles. The SMILES string of the molecule is C/C(=C\C(=O)O)C1C=CC=C1. The lowest BCUT2D eigenvalue weighted by molar-refractivity contribution is -0.131. The second-order valence-corrected chi connectivity index (χ2v) is 2.52. The Morgan fingerprint density at radius 1 is 1.45 bits per heavy atom. The normalized spacial score (nSPS) is 17.7. The van der Waals surface area contributed by atoms with E-state index in [0.717, 1.165) is 5.57 Å². The summed E-state index contributed by atoms with van der Waals surface area (Å²) in [5.74, 6) is -0.692. The number of allylic oxidation sites excluding steroid dienone is 5. The van der Waals surface area contributed by atoms with Gasteiger partial charge in [-0.2, -0.15) is 0 Å². The van der Waals surface area contributed by atoms with Crippen molar-refractivity contribution in [1.29, 1.82) is 0 Å². The molecule has 2 nitrogen and oxygen atoms in total. The summed E-state index contributed by atoms with van der Waals surface area (Å²) >= 11 is 0. The van der Waals surface area contributed by atoms with Gasteiger partial charge in [0.1, 0.15) is 0 Å². The van der Waals surface area contributed by atoms with Gasteiger partial charge in [-0.15, -0.1) is 0 Å². The van der Waals surface area contributed by atoms with Crippen molar-refractivity contribution in [2.75, 3.05) is 0 Å². The van der Waals surface area contributed by atoms with Gasteiger partial charge in [0.2, 0.25) is 0 Å². The predicted octanol–water partition coefficient (Wildman–Crippen LogP) is 1.76. The van der Waals surface area contributed by atoms with E-state index in [4.69, 9.17) is 5.11 Å². The molecule has 1 rings (SSSR count). The third kappa shape index (κ3) is 2.08. The van der Waals surface area contributed by atoms with Crippen LogP contribution in [0.4, 0.5) is 0 Å². The minimum atomic E-state index is -0.879. The highest BCUT2D eigenvalue weighted by Crippen LogP contribution is 2.17. The molecule has 0 radical (unpaired) electrons. The summed E-state index contributed by atoms with van der Waals surface area (Å²) in [4.78, 5) is 10.2. The molecule has 0 aromatic rings. The van der Waals surface area contributed by atoms with Crippen molar-refractivity contribution in [3.8, 4) is 0 Å². The van der Waals surface area contributed by atoms with Gasteiger partial charge in [0.05, 0.1) is 0 Å². The molecule has 0 amide bonds. The van der Waals surface area contributed by atoms with E-state index in [0.29, 0.717) is 0 Å². The van der Waals surface area contributed by atoms with Crippen LogP contribution in [0.15, 0.2) is 36.0 Å². The third-order valence-electron chi connectivity index (χ3n) is 1.62. The molecule has 0 saturated carbocycles. The monoisotopic (exact) mass is 150 g/mol. The fraction of sp³-hybridized carbons (Fsp3) is 0.222. The highest BCUT2D eigenvalue weighted by atomic mass is 16.4. The van der Waals surface area contributed by atoms with E-state index in [1.54, 1.807) is 0 Å². The number of carboxylic acids is 1. The predicted molar refractivity (Wildman–Crippen MR) is 43.2 cm³/mol. The second-order valence-electron chi connectivity index (χ2n) is 2.52. The van der Waals surface area contributed by atoms with E-state index in [9.17, 15) is 4.79 Å². The Hall–Kier alpha value is -1.31. The van der Waals surface area contributed by atoms with Crippen LogP contribution in [0, 0.1) is 5.92 Å². The van der Waals surface area contributed by atoms with E-state index in [1.165, 1.54) is 6.08 Å². The standard InChI is InChI=1S/C9H10O2/c1-7(6-9(10)11)8-4-2-3-5-8/h2-6,8H,1H3,(H,10,11)/b7-6+. The Balaban J connectivity index is 2.67. The molecule has 1 N–H and O–H groups in total. The van der Waals surface area contributed by atoms with Crippen LogP contribution in [-0.2, 0) is 4.79 Å². The second kappa shape index (κ2) is 3.19. The lowest BCUT2D eigenvalue weighted by Crippen LogP contribution is -1.96. The number of hydrogen-bond acceptors (Lipinski definition) is 1. The largest absolute Gasteiger partial charge is 0.478 e. The summed E-state index contributed by atoms with van der Waals surface area (Å²) < 4.78 is 0. The molecule has 0 heterocycles. The molecule has 2 heteroatoms. The zero-order chi connectivity index (χ0) is 8.27. The Kier molecular flexibility index (Phi) is 2.26. The van der Waals surface area contributed by atoms with Crippen LogP contribution in [0.5, 0.6) is 0 Å². The summed E-state index contributed by atoms with van der Waals surface area (Å²) in [6.45, 7) is 1.82. The van der Waals surface area contributed by atoms with Gasteiger partial charge in [-0.05, 0) is 6.92 Å². The number of carboxylic acid groups (broad SMARTS) is 1. The molecule has 1 aliphatic rings. The van der Waals surface area contributed by atoms with Gasteiger partial charge in [0, 0.05) is 12.0 Å². The maximum absolute atomic E-state index is 10.2. The summed E-state index contributed by atoms with van der Waals surface area (Å²) in [6.07, 6.45) is 9.02. The number of carbonyl (C=O) groups is 1. The average Bonchev–Trinajstić information content (AvgIpc) is 2.35. The highest BCUT2D eigenvalue weighted by molar-refractivity contribution is 5.80. The summed E-state index contributed by atoms with van der Waals surface area (Å²) in [5.41, 5.74) is 0.863. The third-order valence-corrected chi connectivity index (χ3v) is 1.62. The van der Waals surface area contributed by atoms with Gasteiger partial charge < -0.3 is 5.11 Å². The molecule has 0 aromatic carbocycles. The van der Waals surface area contributed by atoms with Crippen LogP contribution in [0.2, 0.25) is 0 Å². The first kappa shape index (κ1) is 7.79. The van der Waals surface area contributed by atoms with E-state index in [-0.39, 0.29) is 5.92 Å². The van der Waals surface area contributed by atoms with E-state index >= 15 is 0 Å². The Bertz CT molecular complexity index is 234. The number of hydrogen-bond donors (Lipinski definition) is 1. The van der Waals surface area contributed by atoms with E-state index < -0.39 is 5.97 Å². The van der Waals surface area contributed by atoms with Crippen LogP contribution >= 0.6 is 0 Å². The van der Waals surface area contributed by atoms with E-state index in [2.05, 4.69) is 0 Å². The minimum absolute atomic E-state index is 0.186. The first-order valence-corrected chi connectivity index (χ1v) is 3.46. The Morgan fingerprint density at radius 3 is 2.45 bits per heavy atom. The molecule has 0 spiro atoms. The van der Waals surface area contributed by atoms with Gasteiger partial charge in [0.15, 0.2) is 0 Å². The average molecular weight is 150 g/mol. The van der Waals surface area contributed by atoms with Crippen molar-refractivity contribution in [3.05, 3.63) is 36.0 Å². The van der Waals surface area contributed by atoms with Crippen molar-refractivity contribution in [2.24, 2.45) is 5.92 Å². The molecule has 11 heavy (non-hydrogen) atoms. The van der Waals surface area contributed by atoms with Crippen molar-refractivity contribution < 1.29 is 9.90 Å². The van der Waals surface area contributed by atoms with Crippen LogP contribution in [-0.4, -0.2) is 11.1 Å². The quantitative estimate of drug-likeness (QED) is 0.609. The topological polar surface area (TPSA) is 37.3 Å².